The van der Waals surface area contributed by atoms with Gasteiger partial charge in [-0.05, 0) is 37.1 Å². The first-order valence-electron chi connectivity index (χ1n) is 7.47. The van der Waals surface area contributed by atoms with Gasteiger partial charge in [-0.25, -0.2) is 13.2 Å². The van der Waals surface area contributed by atoms with E-state index < -0.39 is 33.6 Å². The molecule has 23 heavy (non-hydrogen) atoms. The van der Waals surface area contributed by atoms with E-state index in [1.807, 2.05) is 0 Å². The molecule has 1 saturated carbocycles. The summed E-state index contributed by atoms with van der Waals surface area (Å²) < 4.78 is 26.5. The number of aliphatic hydroxyl groups is 2. The molecule has 0 bridgehead atoms. The molecule has 3 rings (SSSR count). The van der Waals surface area contributed by atoms with Crippen LogP contribution in [0.2, 0.25) is 0 Å². The molecule has 0 aromatic heterocycles. The lowest BCUT2D eigenvalue weighted by molar-refractivity contribution is -0.185. The number of hydrogen-bond acceptors (Lipinski definition) is 5. The Morgan fingerprint density at radius 2 is 1.61 bits per heavy atom. The van der Waals surface area contributed by atoms with Crippen LogP contribution >= 0.6 is 0 Å². The smallest absolute Gasteiger partial charge is 0.335 e. The second-order valence-corrected chi connectivity index (χ2v) is 8.17. The summed E-state index contributed by atoms with van der Waals surface area (Å²) in [5, 5.41) is 28.7. The van der Waals surface area contributed by atoms with Crippen LogP contribution < -0.4 is 0 Å². The summed E-state index contributed by atoms with van der Waals surface area (Å²) in [6.45, 7) is 0.467. The van der Waals surface area contributed by atoms with Gasteiger partial charge in [-0.3, -0.25) is 0 Å². The van der Waals surface area contributed by atoms with Crippen LogP contribution in [0.4, 0.5) is 0 Å². The van der Waals surface area contributed by atoms with E-state index in [1.165, 1.54) is 28.6 Å². The van der Waals surface area contributed by atoms with E-state index >= 15 is 0 Å². The third kappa shape index (κ3) is 2.55. The second-order valence-electron chi connectivity index (χ2n) is 6.23. The van der Waals surface area contributed by atoms with Crippen molar-refractivity contribution >= 4 is 16.0 Å². The Kier molecular flexibility index (Phi) is 3.96. The van der Waals surface area contributed by atoms with Crippen LogP contribution in [0.3, 0.4) is 0 Å². The van der Waals surface area contributed by atoms with E-state index in [0.29, 0.717) is 19.3 Å². The quantitative estimate of drug-likeness (QED) is 0.727. The predicted octanol–water partition coefficient (Wildman–Crippen LogP) is 0.281. The number of aromatic carboxylic acids is 1. The van der Waals surface area contributed by atoms with Crippen molar-refractivity contribution in [3.63, 3.8) is 0 Å². The number of nitrogens with zero attached hydrogens (tertiary/aromatic N) is 1. The first-order chi connectivity index (χ1) is 10.8. The van der Waals surface area contributed by atoms with Crippen molar-refractivity contribution in [3.8, 4) is 0 Å². The number of sulfonamides is 1. The lowest BCUT2D eigenvalue weighted by Crippen LogP contribution is -2.61. The van der Waals surface area contributed by atoms with Gasteiger partial charge in [0.25, 0.3) is 0 Å². The van der Waals surface area contributed by atoms with E-state index in [2.05, 4.69) is 0 Å². The van der Waals surface area contributed by atoms with Gasteiger partial charge in [0.1, 0.15) is 0 Å². The van der Waals surface area contributed by atoms with Crippen LogP contribution in [0.1, 0.15) is 29.6 Å². The molecule has 1 saturated heterocycles. The second kappa shape index (κ2) is 5.55. The summed E-state index contributed by atoms with van der Waals surface area (Å²) in [5.74, 6) is -1.11. The molecule has 126 valence electrons. The molecule has 1 spiro atoms. The molecule has 1 aliphatic carbocycles. The molecule has 3 N–H and O–H groups in total. The minimum absolute atomic E-state index is 0.0299. The summed E-state index contributed by atoms with van der Waals surface area (Å²) >= 11 is 0. The Labute approximate surface area is 134 Å². The molecule has 7 nitrogen and oxygen atoms in total. The first kappa shape index (κ1) is 16.4. The standard InChI is InChI=1S/C15H19NO6S/c17-12-9-13(18)15(12)5-7-16(8-6-15)23(21,22)11-3-1-10(2-4-11)14(19)20/h1-4,12-13,17-18H,5-9H2,(H,19,20)/t12-,13+. The summed E-state index contributed by atoms with van der Waals surface area (Å²) in [5.41, 5.74) is -0.540. The van der Waals surface area contributed by atoms with E-state index in [4.69, 9.17) is 5.11 Å². The fraction of sp³-hybridized carbons (Fsp3) is 0.533. The highest BCUT2D eigenvalue weighted by Crippen LogP contribution is 2.49. The van der Waals surface area contributed by atoms with Crippen molar-refractivity contribution in [2.75, 3.05) is 13.1 Å². The highest BCUT2D eigenvalue weighted by atomic mass is 32.2. The maximum absolute atomic E-state index is 12.6. The highest BCUT2D eigenvalue weighted by Gasteiger charge is 2.55. The van der Waals surface area contributed by atoms with Crippen LogP contribution in [0.15, 0.2) is 29.2 Å². The number of carboxylic acids is 1. The molecule has 1 aromatic carbocycles. The summed E-state index contributed by atoms with van der Waals surface area (Å²) in [6.07, 6.45) is 0.0434. The van der Waals surface area contributed by atoms with Gasteiger partial charge in [-0.2, -0.15) is 4.31 Å². The molecule has 0 amide bonds. The van der Waals surface area contributed by atoms with Gasteiger partial charge in [-0.15, -0.1) is 0 Å². The number of aliphatic hydroxyl groups excluding tert-OH is 2. The average molecular weight is 341 g/mol. The highest BCUT2D eigenvalue weighted by molar-refractivity contribution is 7.89. The van der Waals surface area contributed by atoms with Crippen molar-refractivity contribution in [1.29, 1.82) is 0 Å². The van der Waals surface area contributed by atoms with Crippen LogP contribution in [-0.4, -0.2) is 59.3 Å². The topological polar surface area (TPSA) is 115 Å². The van der Waals surface area contributed by atoms with Crippen LogP contribution in [0.5, 0.6) is 0 Å². The Bertz CT molecular complexity index is 696. The molecule has 8 heteroatoms. The average Bonchev–Trinajstić information content (AvgIpc) is 2.55. The minimum atomic E-state index is -3.70. The van der Waals surface area contributed by atoms with Gasteiger partial charge in [0.2, 0.25) is 10.0 Å². The normalized spacial score (nSPS) is 27.6. The van der Waals surface area contributed by atoms with Crippen molar-refractivity contribution in [2.45, 2.75) is 36.4 Å². The van der Waals surface area contributed by atoms with Gasteiger partial charge in [0.05, 0.1) is 22.7 Å². The van der Waals surface area contributed by atoms with Crippen LogP contribution in [-0.2, 0) is 10.0 Å². The number of benzene rings is 1. The Morgan fingerprint density at radius 1 is 1.09 bits per heavy atom. The number of piperidine rings is 1. The fourth-order valence-corrected chi connectivity index (χ4v) is 4.91. The first-order valence-corrected chi connectivity index (χ1v) is 8.91. The largest absolute Gasteiger partial charge is 0.478 e. The maximum atomic E-state index is 12.6. The predicted molar refractivity (Wildman–Crippen MR) is 80.5 cm³/mol. The minimum Gasteiger partial charge on any atom is -0.478 e. The molecule has 2 atom stereocenters. The van der Waals surface area contributed by atoms with Gasteiger partial charge in [0.15, 0.2) is 0 Å². The summed E-state index contributed by atoms with van der Waals surface area (Å²) in [7, 11) is -3.70. The lowest BCUT2D eigenvalue weighted by atomic mass is 9.59. The molecular weight excluding hydrogens is 322 g/mol. The molecule has 1 aliphatic heterocycles. The van der Waals surface area contributed by atoms with Crippen LogP contribution in [0.25, 0.3) is 0 Å². The Hall–Kier alpha value is -1.48. The van der Waals surface area contributed by atoms with Gasteiger partial charge in [-0.1, -0.05) is 0 Å². The SMILES string of the molecule is O=C(O)c1ccc(S(=O)(=O)N2CCC3(CC2)[C@H](O)C[C@@H]3O)cc1. The van der Waals surface area contributed by atoms with Gasteiger partial charge < -0.3 is 15.3 Å². The number of carboxylic acid groups (broad SMARTS) is 1. The molecule has 0 unspecified atom stereocenters. The monoisotopic (exact) mass is 341 g/mol. The zero-order valence-corrected chi connectivity index (χ0v) is 13.2. The Morgan fingerprint density at radius 3 is 2.04 bits per heavy atom. The number of hydrogen-bond donors (Lipinski definition) is 3. The molecule has 2 aliphatic rings. The van der Waals surface area contributed by atoms with Gasteiger partial charge >= 0.3 is 5.97 Å². The third-order valence-corrected chi connectivity index (χ3v) is 7.08. The van der Waals surface area contributed by atoms with E-state index in [9.17, 15) is 23.4 Å². The van der Waals surface area contributed by atoms with E-state index in [1.54, 1.807) is 0 Å². The number of rotatable bonds is 3. The summed E-state index contributed by atoms with van der Waals surface area (Å²) in [4.78, 5) is 10.9. The van der Waals surface area contributed by atoms with E-state index in [0.717, 1.165) is 0 Å². The zero-order chi connectivity index (χ0) is 16.8. The lowest BCUT2D eigenvalue weighted by Gasteiger charge is -2.54. The zero-order valence-electron chi connectivity index (χ0n) is 12.4. The third-order valence-electron chi connectivity index (χ3n) is 5.17. The van der Waals surface area contributed by atoms with Gasteiger partial charge in [0, 0.05) is 24.9 Å². The van der Waals surface area contributed by atoms with E-state index in [-0.39, 0.29) is 23.5 Å². The van der Waals surface area contributed by atoms with Crippen molar-refractivity contribution < 1.29 is 28.5 Å². The fourth-order valence-electron chi connectivity index (χ4n) is 3.47. The maximum Gasteiger partial charge on any atom is 0.335 e. The van der Waals surface area contributed by atoms with Crippen molar-refractivity contribution in [2.24, 2.45) is 5.41 Å². The van der Waals surface area contributed by atoms with Crippen molar-refractivity contribution in [1.82, 2.24) is 4.31 Å². The van der Waals surface area contributed by atoms with Crippen LogP contribution in [0, 0.1) is 5.41 Å². The van der Waals surface area contributed by atoms with Crippen molar-refractivity contribution in [3.05, 3.63) is 29.8 Å². The Balaban J connectivity index is 1.75. The molecule has 2 fully saturated rings. The molecule has 0 radical (unpaired) electrons. The molecular formula is C15H19NO6S. The number of carbonyl (C=O) groups is 1. The molecule has 1 heterocycles. The molecule has 1 aromatic rings. The summed E-state index contributed by atoms with van der Waals surface area (Å²) in [6, 6.07) is 5.10.